The van der Waals surface area contributed by atoms with E-state index in [0.717, 1.165) is 24.4 Å². The third kappa shape index (κ3) is 8.59. The molecule has 0 saturated heterocycles. The first kappa shape index (κ1) is 15.3. The monoisotopic (exact) mass is 242 g/mol. The van der Waals surface area contributed by atoms with Gasteiger partial charge in [0, 0.05) is 6.08 Å². The minimum Gasteiger partial charge on any atom is -0.547 e. The summed E-state index contributed by atoms with van der Waals surface area (Å²) in [6.45, 7) is 13.4. The number of unbranched alkanes of at least 4 members (excludes halogenated alkanes) is 1. The molecule has 0 spiro atoms. The molecule has 16 heavy (non-hydrogen) atoms. The van der Waals surface area contributed by atoms with Crippen LogP contribution >= 0.6 is 0 Å². The average molecular weight is 242 g/mol. The first-order valence-electron chi connectivity index (χ1n) is 6.09. The van der Waals surface area contributed by atoms with E-state index in [2.05, 4.69) is 32.6 Å². The van der Waals surface area contributed by atoms with Crippen molar-refractivity contribution in [2.75, 3.05) is 6.61 Å². The topological polar surface area (TPSA) is 18.5 Å². The van der Waals surface area contributed by atoms with Crippen LogP contribution in [0.4, 0.5) is 0 Å². The Labute approximate surface area is 101 Å². The van der Waals surface area contributed by atoms with Crippen molar-refractivity contribution < 1.29 is 9.16 Å². The number of ether oxygens (including phenoxy) is 1. The summed E-state index contributed by atoms with van der Waals surface area (Å²) in [4.78, 5) is 0. The predicted octanol–water partition coefficient (Wildman–Crippen LogP) is 4.46. The standard InChI is InChI=1S/C13H26O2Si/c1-7-9-10-13(14-8-2)11-12(3)15-16(4,5)6/h10-11H,7-9H2,1-6H3/b12-11-,13-10+. The fraction of sp³-hybridized carbons (Fsp3) is 0.692. The van der Waals surface area contributed by atoms with Crippen LogP contribution in [0.3, 0.4) is 0 Å². The molecule has 94 valence electrons. The van der Waals surface area contributed by atoms with Gasteiger partial charge in [0.2, 0.25) is 8.32 Å². The number of hydrogen-bond donors (Lipinski definition) is 0. The maximum atomic E-state index is 5.87. The van der Waals surface area contributed by atoms with Crippen molar-refractivity contribution in [3.05, 3.63) is 23.7 Å². The lowest BCUT2D eigenvalue weighted by atomic mass is 10.3. The summed E-state index contributed by atoms with van der Waals surface area (Å²) in [5.41, 5.74) is 0. The molecule has 0 radical (unpaired) electrons. The molecule has 3 heteroatoms. The Kier molecular flexibility index (Phi) is 7.22. The second-order valence-electron chi connectivity index (χ2n) is 4.80. The van der Waals surface area contributed by atoms with Crippen LogP contribution in [0.5, 0.6) is 0 Å². The summed E-state index contributed by atoms with van der Waals surface area (Å²) in [7, 11) is -1.49. The van der Waals surface area contributed by atoms with E-state index in [9.17, 15) is 0 Å². The van der Waals surface area contributed by atoms with Gasteiger partial charge in [0.25, 0.3) is 0 Å². The zero-order chi connectivity index (χ0) is 12.6. The van der Waals surface area contributed by atoms with Crippen molar-refractivity contribution in [1.29, 1.82) is 0 Å². The largest absolute Gasteiger partial charge is 0.547 e. The third-order valence-corrected chi connectivity index (χ3v) is 2.69. The van der Waals surface area contributed by atoms with E-state index in [1.807, 2.05) is 19.9 Å². The van der Waals surface area contributed by atoms with Crippen LogP contribution in [0.25, 0.3) is 0 Å². The highest BCUT2D eigenvalue weighted by Gasteiger charge is 2.15. The Hall–Kier alpha value is -0.703. The van der Waals surface area contributed by atoms with Crippen molar-refractivity contribution in [2.24, 2.45) is 0 Å². The fourth-order valence-corrected chi connectivity index (χ4v) is 2.35. The molecule has 0 bridgehead atoms. The summed E-state index contributed by atoms with van der Waals surface area (Å²) in [5.74, 6) is 1.88. The van der Waals surface area contributed by atoms with Gasteiger partial charge in [0.1, 0.15) is 5.76 Å². The molecule has 0 saturated carbocycles. The second-order valence-corrected chi connectivity index (χ2v) is 9.23. The Bertz CT molecular complexity index is 249. The molecular formula is C13H26O2Si. The highest BCUT2D eigenvalue weighted by molar-refractivity contribution is 6.70. The Balaban J connectivity index is 4.51. The highest BCUT2D eigenvalue weighted by Crippen LogP contribution is 2.13. The molecule has 0 aromatic heterocycles. The Morgan fingerprint density at radius 2 is 1.81 bits per heavy atom. The van der Waals surface area contributed by atoms with E-state index < -0.39 is 8.32 Å². The smallest absolute Gasteiger partial charge is 0.241 e. The second kappa shape index (κ2) is 7.55. The fourth-order valence-electron chi connectivity index (χ4n) is 1.33. The number of rotatable bonds is 7. The van der Waals surface area contributed by atoms with Gasteiger partial charge in [-0.2, -0.15) is 0 Å². The average Bonchev–Trinajstić information content (AvgIpc) is 2.11. The van der Waals surface area contributed by atoms with E-state index in [-0.39, 0.29) is 0 Å². The van der Waals surface area contributed by atoms with Gasteiger partial charge in [-0.1, -0.05) is 13.3 Å². The van der Waals surface area contributed by atoms with Crippen LogP contribution in [0, 0.1) is 0 Å². The summed E-state index contributed by atoms with van der Waals surface area (Å²) in [6, 6.07) is 0. The quantitative estimate of drug-likeness (QED) is 0.373. The van der Waals surface area contributed by atoms with Crippen molar-refractivity contribution in [1.82, 2.24) is 0 Å². The first-order valence-corrected chi connectivity index (χ1v) is 9.50. The zero-order valence-electron chi connectivity index (χ0n) is 11.6. The Morgan fingerprint density at radius 3 is 2.25 bits per heavy atom. The number of allylic oxidation sites excluding steroid dienone is 3. The Morgan fingerprint density at radius 1 is 1.19 bits per heavy atom. The maximum Gasteiger partial charge on any atom is 0.241 e. The van der Waals surface area contributed by atoms with E-state index in [0.29, 0.717) is 6.61 Å². The summed E-state index contributed by atoms with van der Waals surface area (Å²) >= 11 is 0. The van der Waals surface area contributed by atoms with E-state index in [1.165, 1.54) is 0 Å². The van der Waals surface area contributed by atoms with E-state index in [1.54, 1.807) is 0 Å². The molecule has 0 rings (SSSR count). The summed E-state index contributed by atoms with van der Waals surface area (Å²) in [5, 5.41) is 0. The lowest BCUT2D eigenvalue weighted by molar-refractivity contribution is 0.239. The first-order chi connectivity index (χ1) is 7.39. The molecule has 0 unspecified atom stereocenters. The molecule has 0 N–H and O–H groups in total. The van der Waals surface area contributed by atoms with Gasteiger partial charge in [0.15, 0.2) is 0 Å². The van der Waals surface area contributed by atoms with E-state index >= 15 is 0 Å². The lowest BCUT2D eigenvalue weighted by Gasteiger charge is -2.19. The van der Waals surface area contributed by atoms with Crippen molar-refractivity contribution in [3.8, 4) is 0 Å². The van der Waals surface area contributed by atoms with Gasteiger partial charge < -0.3 is 9.16 Å². The molecule has 0 aliphatic heterocycles. The molecule has 0 aromatic carbocycles. The normalized spacial score (nSPS) is 13.9. The summed E-state index contributed by atoms with van der Waals surface area (Å²) in [6.07, 6.45) is 6.31. The minimum absolute atomic E-state index is 0.701. The molecule has 0 fully saturated rings. The zero-order valence-corrected chi connectivity index (χ0v) is 12.6. The van der Waals surface area contributed by atoms with Crippen LogP contribution in [-0.4, -0.2) is 14.9 Å². The molecular weight excluding hydrogens is 216 g/mol. The molecule has 0 atom stereocenters. The molecule has 0 heterocycles. The van der Waals surface area contributed by atoms with Crippen LogP contribution in [0.15, 0.2) is 23.7 Å². The molecule has 0 amide bonds. The van der Waals surface area contributed by atoms with Gasteiger partial charge in [-0.25, -0.2) is 0 Å². The van der Waals surface area contributed by atoms with Crippen LogP contribution in [0.1, 0.15) is 33.6 Å². The van der Waals surface area contributed by atoms with Crippen LogP contribution in [0.2, 0.25) is 19.6 Å². The van der Waals surface area contributed by atoms with Gasteiger partial charge >= 0.3 is 0 Å². The minimum atomic E-state index is -1.49. The molecule has 0 aromatic rings. The molecule has 0 aliphatic rings. The number of hydrogen-bond acceptors (Lipinski definition) is 2. The maximum absolute atomic E-state index is 5.87. The highest BCUT2D eigenvalue weighted by atomic mass is 28.4. The predicted molar refractivity (Wildman–Crippen MR) is 72.8 cm³/mol. The van der Waals surface area contributed by atoms with E-state index in [4.69, 9.17) is 9.16 Å². The van der Waals surface area contributed by atoms with Gasteiger partial charge in [-0.3, -0.25) is 0 Å². The van der Waals surface area contributed by atoms with Gasteiger partial charge in [0.05, 0.1) is 12.4 Å². The summed E-state index contributed by atoms with van der Waals surface area (Å²) < 4.78 is 11.4. The van der Waals surface area contributed by atoms with Gasteiger partial charge in [-0.05, 0) is 46.0 Å². The van der Waals surface area contributed by atoms with Gasteiger partial charge in [-0.15, -0.1) is 0 Å². The van der Waals surface area contributed by atoms with Crippen LogP contribution < -0.4 is 0 Å². The molecule has 0 aliphatic carbocycles. The van der Waals surface area contributed by atoms with Crippen LogP contribution in [-0.2, 0) is 9.16 Å². The van der Waals surface area contributed by atoms with Crippen molar-refractivity contribution in [3.63, 3.8) is 0 Å². The van der Waals surface area contributed by atoms with Crippen molar-refractivity contribution >= 4 is 8.32 Å². The SMILES string of the molecule is CCC/C=C(\C=C(\C)O[Si](C)(C)C)OCC. The molecule has 2 nitrogen and oxygen atoms in total. The third-order valence-electron chi connectivity index (χ3n) is 1.76. The lowest BCUT2D eigenvalue weighted by Crippen LogP contribution is -2.24. The van der Waals surface area contributed by atoms with Crippen molar-refractivity contribution in [2.45, 2.75) is 53.3 Å².